The van der Waals surface area contributed by atoms with Gasteiger partial charge in [-0.3, -0.25) is 4.79 Å². The van der Waals surface area contributed by atoms with Crippen molar-refractivity contribution in [1.82, 2.24) is 0 Å². The molecule has 0 aliphatic heterocycles. The van der Waals surface area contributed by atoms with Gasteiger partial charge in [0.25, 0.3) is 0 Å². The summed E-state index contributed by atoms with van der Waals surface area (Å²) in [4.78, 5) is 11.5. The Balaban J connectivity index is 0.00000288. The van der Waals surface area contributed by atoms with Crippen LogP contribution in [-0.4, -0.2) is 12.6 Å². The Morgan fingerprint density at radius 3 is 2.29 bits per heavy atom. The smallest absolute Gasteiger partial charge is 0.416 e. The molecule has 2 rings (SSSR count). The van der Waals surface area contributed by atoms with E-state index in [1.807, 2.05) is 0 Å². The number of carbonyl (C=O) groups excluding carboxylic acids is 1. The highest BCUT2D eigenvalue weighted by molar-refractivity contribution is 5.85. The minimum Gasteiger partial charge on any atom is -0.466 e. The standard InChI is InChI=1S/C17H16F3NO2.ClH/c1-2-23-16(22)10-11-3-8-15(21)14(9-11)12-4-6-13(7-5-12)17(18,19)20;/h3-9H,2,10,21H2,1H3;1H. The number of benzene rings is 2. The molecule has 2 N–H and O–H groups in total. The van der Waals surface area contributed by atoms with Gasteiger partial charge in [-0.1, -0.05) is 18.2 Å². The predicted molar refractivity (Wildman–Crippen MR) is 88.9 cm³/mol. The number of esters is 1. The van der Waals surface area contributed by atoms with E-state index < -0.39 is 11.7 Å². The van der Waals surface area contributed by atoms with Gasteiger partial charge in [-0.25, -0.2) is 0 Å². The van der Waals surface area contributed by atoms with E-state index in [9.17, 15) is 18.0 Å². The van der Waals surface area contributed by atoms with Gasteiger partial charge >= 0.3 is 12.1 Å². The molecule has 2 aromatic carbocycles. The van der Waals surface area contributed by atoms with E-state index in [0.717, 1.165) is 12.1 Å². The molecule has 0 fully saturated rings. The van der Waals surface area contributed by atoms with Gasteiger partial charge in [0.1, 0.15) is 0 Å². The minimum absolute atomic E-state index is 0. The molecule has 0 saturated carbocycles. The second-order valence-electron chi connectivity index (χ2n) is 4.98. The Morgan fingerprint density at radius 2 is 1.75 bits per heavy atom. The molecule has 0 radical (unpaired) electrons. The van der Waals surface area contributed by atoms with Gasteiger partial charge in [-0.05, 0) is 42.3 Å². The molecule has 0 amide bonds. The van der Waals surface area contributed by atoms with E-state index in [-0.39, 0.29) is 24.8 Å². The fourth-order valence-electron chi connectivity index (χ4n) is 2.18. The average molecular weight is 360 g/mol. The Bertz CT molecular complexity index is 700. The second-order valence-corrected chi connectivity index (χ2v) is 4.98. The average Bonchev–Trinajstić information content (AvgIpc) is 2.49. The number of hydrogen-bond donors (Lipinski definition) is 1. The van der Waals surface area contributed by atoms with Crippen LogP contribution in [0.3, 0.4) is 0 Å². The Hall–Kier alpha value is -2.21. The van der Waals surface area contributed by atoms with Crippen LogP contribution in [-0.2, 0) is 22.1 Å². The van der Waals surface area contributed by atoms with Crippen LogP contribution in [0, 0.1) is 0 Å². The Labute approximate surface area is 144 Å². The number of nitrogens with two attached hydrogens (primary N) is 1. The minimum atomic E-state index is -4.38. The van der Waals surface area contributed by atoms with Crippen LogP contribution >= 0.6 is 12.4 Å². The number of halogens is 4. The van der Waals surface area contributed by atoms with Crippen molar-refractivity contribution in [2.24, 2.45) is 0 Å². The second kappa shape index (κ2) is 8.06. The summed E-state index contributed by atoms with van der Waals surface area (Å²) < 4.78 is 42.7. The number of alkyl halides is 3. The summed E-state index contributed by atoms with van der Waals surface area (Å²) in [6, 6.07) is 9.75. The lowest BCUT2D eigenvalue weighted by molar-refractivity contribution is -0.142. The highest BCUT2D eigenvalue weighted by atomic mass is 35.5. The first-order chi connectivity index (χ1) is 10.8. The van der Waals surface area contributed by atoms with Gasteiger partial charge in [-0.15, -0.1) is 12.4 Å². The molecule has 0 saturated heterocycles. The maximum absolute atomic E-state index is 12.6. The maximum Gasteiger partial charge on any atom is 0.416 e. The summed E-state index contributed by atoms with van der Waals surface area (Å²) in [5.41, 5.74) is 7.43. The normalized spacial score (nSPS) is 10.8. The van der Waals surface area contributed by atoms with Crippen molar-refractivity contribution >= 4 is 24.1 Å². The van der Waals surface area contributed by atoms with E-state index in [1.54, 1.807) is 25.1 Å². The van der Waals surface area contributed by atoms with Crippen molar-refractivity contribution in [2.45, 2.75) is 19.5 Å². The lowest BCUT2D eigenvalue weighted by atomic mass is 9.99. The van der Waals surface area contributed by atoms with Gasteiger partial charge in [0.05, 0.1) is 18.6 Å². The van der Waals surface area contributed by atoms with E-state index in [1.165, 1.54) is 12.1 Å². The number of hydrogen-bond acceptors (Lipinski definition) is 3. The van der Waals surface area contributed by atoms with E-state index in [4.69, 9.17) is 10.5 Å². The molecule has 0 atom stereocenters. The van der Waals surface area contributed by atoms with Gasteiger partial charge in [-0.2, -0.15) is 13.2 Å². The number of nitrogen functional groups attached to an aromatic ring is 1. The molecular formula is C17H17ClF3NO2. The molecule has 0 aliphatic carbocycles. The van der Waals surface area contributed by atoms with Crippen LogP contribution in [0.5, 0.6) is 0 Å². The molecule has 0 heterocycles. The third-order valence-electron chi connectivity index (χ3n) is 3.29. The first-order valence-electron chi connectivity index (χ1n) is 7.03. The SMILES string of the molecule is CCOC(=O)Cc1ccc(N)c(-c2ccc(C(F)(F)F)cc2)c1.Cl. The highest BCUT2D eigenvalue weighted by Crippen LogP contribution is 2.32. The van der Waals surface area contributed by atoms with Crippen molar-refractivity contribution in [3.63, 3.8) is 0 Å². The molecule has 0 aromatic heterocycles. The van der Waals surface area contributed by atoms with E-state index in [2.05, 4.69) is 0 Å². The predicted octanol–water partition coefficient (Wildman–Crippen LogP) is 4.48. The van der Waals surface area contributed by atoms with Crippen LogP contribution in [0.1, 0.15) is 18.1 Å². The number of anilines is 1. The van der Waals surface area contributed by atoms with Gasteiger partial charge < -0.3 is 10.5 Å². The number of carbonyl (C=O) groups is 1. The molecule has 3 nitrogen and oxygen atoms in total. The van der Waals surface area contributed by atoms with Crippen molar-refractivity contribution in [3.8, 4) is 11.1 Å². The number of ether oxygens (including phenoxy) is 1. The Kier molecular flexibility index (Phi) is 6.66. The summed E-state index contributed by atoms with van der Waals surface area (Å²) in [7, 11) is 0. The summed E-state index contributed by atoms with van der Waals surface area (Å²) >= 11 is 0. The van der Waals surface area contributed by atoms with Crippen LogP contribution in [0.15, 0.2) is 42.5 Å². The lowest BCUT2D eigenvalue weighted by Crippen LogP contribution is -2.08. The Morgan fingerprint density at radius 1 is 1.12 bits per heavy atom. The third kappa shape index (κ3) is 4.89. The quantitative estimate of drug-likeness (QED) is 0.646. The van der Waals surface area contributed by atoms with Crippen molar-refractivity contribution < 1.29 is 22.7 Å². The van der Waals surface area contributed by atoms with Crippen molar-refractivity contribution in [2.75, 3.05) is 12.3 Å². The first kappa shape index (κ1) is 19.8. The van der Waals surface area contributed by atoms with Crippen LogP contribution in [0.4, 0.5) is 18.9 Å². The molecule has 0 aliphatic rings. The molecule has 130 valence electrons. The highest BCUT2D eigenvalue weighted by Gasteiger charge is 2.30. The zero-order chi connectivity index (χ0) is 17.0. The monoisotopic (exact) mass is 359 g/mol. The van der Waals surface area contributed by atoms with Crippen LogP contribution in [0.2, 0.25) is 0 Å². The van der Waals surface area contributed by atoms with E-state index >= 15 is 0 Å². The van der Waals surface area contributed by atoms with Crippen LogP contribution in [0.25, 0.3) is 11.1 Å². The summed E-state index contributed by atoms with van der Waals surface area (Å²) in [5, 5.41) is 0. The lowest BCUT2D eigenvalue weighted by Gasteiger charge is -2.11. The number of rotatable bonds is 4. The molecule has 24 heavy (non-hydrogen) atoms. The van der Waals surface area contributed by atoms with Gasteiger partial charge in [0.2, 0.25) is 0 Å². The summed E-state index contributed by atoms with van der Waals surface area (Å²) in [5.74, 6) is -0.365. The van der Waals surface area contributed by atoms with Gasteiger partial charge in [0, 0.05) is 11.3 Å². The third-order valence-corrected chi connectivity index (χ3v) is 3.29. The van der Waals surface area contributed by atoms with Crippen molar-refractivity contribution in [3.05, 3.63) is 53.6 Å². The van der Waals surface area contributed by atoms with E-state index in [0.29, 0.717) is 29.0 Å². The topological polar surface area (TPSA) is 52.3 Å². The molecule has 0 unspecified atom stereocenters. The summed E-state index contributed by atoms with van der Waals surface area (Å²) in [6.45, 7) is 2.01. The molecule has 2 aromatic rings. The van der Waals surface area contributed by atoms with Crippen LogP contribution < -0.4 is 5.73 Å². The zero-order valence-corrected chi connectivity index (χ0v) is 13.7. The molecule has 0 spiro atoms. The summed E-state index contributed by atoms with van der Waals surface area (Å²) in [6.07, 6.45) is -4.29. The maximum atomic E-state index is 12.6. The van der Waals surface area contributed by atoms with Crippen molar-refractivity contribution in [1.29, 1.82) is 0 Å². The largest absolute Gasteiger partial charge is 0.466 e. The van der Waals surface area contributed by atoms with Gasteiger partial charge in [0.15, 0.2) is 0 Å². The molecular weight excluding hydrogens is 343 g/mol. The zero-order valence-electron chi connectivity index (χ0n) is 12.9. The first-order valence-corrected chi connectivity index (χ1v) is 7.03. The molecule has 0 bridgehead atoms. The fourth-order valence-corrected chi connectivity index (χ4v) is 2.18. The molecule has 7 heteroatoms. The fraction of sp³-hybridized carbons (Fsp3) is 0.235.